The summed E-state index contributed by atoms with van der Waals surface area (Å²) in [6.45, 7) is 13.6. The van der Waals surface area contributed by atoms with Crippen molar-refractivity contribution in [2.24, 2.45) is 0 Å². The molecule has 1 heterocycles. The molecule has 1 N–H and O–H groups in total. The first-order valence-electron chi connectivity index (χ1n) is 9.31. The van der Waals surface area contributed by atoms with Crippen molar-refractivity contribution in [3.8, 4) is 0 Å². The maximum atomic E-state index is 12.2. The number of β-lactam (4-membered cyclic amide) rings is 1. The maximum absolute atomic E-state index is 12.2. The molecule has 2 atom stereocenters. The van der Waals surface area contributed by atoms with Gasteiger partial charge in [0.2, 0.25) is 14.2 Å². The Balaban J connectivity index is 2.06. The number of aryl methyl sites for hydroxylation is 1. The van der Waals surface area contributed by atoms with Gasteiger partial charge in [-0.25, -0.2) is 0 Å². The Morgan fingerprint density at radius 3 is 2.00 bits per heavy atom. The minimum Gasteiger partial charge on any atom is -0.402 e. The summed E-state index contributed by atoms with van der Waals surface area (Å²) in [5, 5.41) is 3.06. The highest BCUT2D eigenvalue weighted by atomic mass is 28.4. The summed E-state index contributed by atoms with van der Waals surface area (Å²) in [4.78, 5) is 12.2. The number of carbonyl (C=O) groups is 1. The third kappa shape index (κ3) is 3.75. The van der Waals surface area contributed by atoms with Gasteiger partial charge in [-0.05, 0) is 35.0 Å². The molecular formula is C20H33NO2Si. The van der Waals surface area contributed by atoms with Gasteiger partial charge < -0.3 is 9.74 Å². The van der Waals surface area contributed by atoms with Crippen LogP contribution in [0.4, 0.5) is 0 Å². The van der Waals surface area contributed by atoms with Crippen LogP contribution in [-0.2, 0) is 15.6 Å². The molecule has 0 radical (unpaired) electrons. The number of nitrogens with one attached hydrogen (secondary N) is 1. The van der Waals surface area contributed by atoms with E-state index >= 15 is 0 Å². The molecule has 1 amide bonds. The Kier molecular flexibility index (Phi) is 6.26. The summed E-state index contributed by atoms with van der Waals surface area (Å²) < 4.78 is 6.70. The van der Waals surface area contributed by atoms with E-state index < -0.39 is 8.32 Å². The molecule has 0 aliphatic carbocycles. The summed E-state index contributed by atoms with van der Waals surface area (Å²) in [5.74, 6) is 0.0758. The second kappa shape index (κ2) is 7.83. The van der Waals surface area contributed by atoms with Crippen LogP contribution in [0.2, 0.25) is 16.6 Å². The molecule has 0 aromatic heterocycles. The summed E-state index contributed by atoms with van der Waals surface area (Å²) in [6, 6.07) is 10.6. The first-order chi connectivity index (χ1) is 11.3. The van der Waals surface area contributed by atoms with E-state index in [1.54, 1.807) is 0 Å². The quantitative estimate of drug-likeness (QED) is 0.548. The monoisotopic (exact) mass is 347 g/mol. The molecule has 1 fully saturated rings. The van der Waals surface area contributed by atoms with Gasteiger partial charge >= 0.3 is 0 Å². The lowest BCUT2D eigenvalue weighted by molar-refractivity contribution is -0.141. The summed E-state index contributed by atoms with van der Waals surface area (Å²) in [5.41, 5.74) is 2.82. The van der Waals surface area contributed by atoms with Crippen LogP contribution in [0.15, 0.2) is 30.3 Å². The van der Waals surface area contributed by atoms with E-state index in [0.717, 1.165) is 12.8 Å². The fourth-order valence-electron chi connectivity index (χ4n) is 4.38. The van der Waals surface area contributed by atoms with Crippen LogP contribution in [0.5, 0.6) is 0 Å². The van der Waals surface area contributed by atoms with Crippen LogP contribution in [0, 0.1) is 0 Å². The Hall–Kier alpha value is -1.13. The zero-order valence-corrected chi connectivity index (χ0v) is 17.0. The minimum absolute atomic E-state index is 0.0758. The first kappa shape index (κ1) is 19.2. The molecule has 0 bridgehead atoms. The van der Waals surface area contributed by atoms with Gasteiger partial charge in [0.15, 0.2) is 0 Å². The molecule has 1 saturated heterocycles. The highest BCUT2D eigenvalue weighted by Gasteiger charge is 2.51. The van der Waals surface area contributed by atoms with E-state index in [4.69, 9.17) is 4.43 Å². The molecule has 3 nitrogen and oxygen atoms in total. The van der Waals surface area contributed by atoms with Crippen molar-refractivity contribution in [3.63, 3.8) is 0 Å². The summed E-state index contributed by atoms with van der Waals surface area (Å²) in [6.07, 6.45) is 1.66. The lowest BCUT2D eigenvalue weighted by Crippen LogP contribution is -2.67. The van der Waals surface area contributed by atoms with Crippen molar-refractivity contribution in [2.45, 2.75) is 83.2 Å². The summed E-state index contributed by atoms with van der Waals surface area (Å²) >= 11 is 0. The Morgan fingerprint density at radius 1 is 1.00 bits per heavy atom. The van der Waals surface area contributed by atoms with E-state index in [0.29, 0.717) is 16.6 Å². The van der Waals surface area contributed by atoms with Crippen molar-refractivity contribution >= 4 is 14.2 Å². The van der Waals surface area contributed by atoms with Gasteiger partial charge in [-0.15, -0.1) is 0 Å². The molecule has 0 spiro atoms. The van der Waals surface area contributed by atoms with Gasteiger partial charge in [0.25, 0.3) is 0 Å². The smallest absolute Gasteiger partial charge is 0.250 e. The predicted octanol–water partition coefficient (Wildman–Crippen LogP) is 4.68. The lowest BCUT2D eigenvalue weighted by Gasteiger charge is -2.48. The van der Waals surface area contributed by atoms with Crippen LogP contribution in [0.1, 0.15) is 53.5 Å². The van der Waals surface area contributed by atoms with E-state index in [1.807, 2.05) is 6.07 Å². The molecule has 1 aromatic carbocycles. The zero-order chi connectivity index (χ0) is 17.9. The summed E-state index contributed by atoms with van der Waals surface area (Å²) in [7, 11) is -2.01. The van der Waals surface area contributed by atoms with Crippen LogP contribution < -0.4 is 5.32 Å². The van der Waals surface area contributed by atoms with Gasteiger partial charge in [0.1, 0.15) is 6.10 Å². The van der Waals surface area contributed by atoms with E-state index in [-0.39, 0.29) is 18.1 Å². The highest BCUT2D eigenvalue weighted by Crippen LogP contribution is 2.44. The van der Waals surface area contributed by atoms with E-state index in [9.17, 15) is 4.79 Å². The fraction of sp³-hybridized carbons (Fsp3) is 0.650. The second-order valence-corrected chi connectivity index (χ2v) is 13.4. The fourth-order valence-corrected chi connectivity index (χ4v) is 9.91. The number of amides is 1. The van der Waals surface area contributed by atoms with E-state index in [2.05, 4.69) is 71.1 Å². The van der Waals surface area contributed by atoms with Crippen LogP contribution in [-0.4, -0.2) is 26.4 Å². The van der Waals surface area contributed by atoms with Crippen LogP contribution in [0.25, 0.3) is 0 Å². The molecule has 0 saturated carbocycles. The minimum atomic E-state index is -2.01. The van der Waals surface area contributed by atoms with Crippen LogP contribution >= 0.6 is 0 Å². The van der Waals surface area contributed by atoms with Gasteiger partial charge in [-0.3, -0.25) is 4.79 Å². The topological polar surface area (TPSA) is 38.3 Å². The number of rotatable bonds is 8. The van der Waals surface area contributed by atoms with Crippen LogP contribution in [0.3, 0.4) is 0 Å². The molecule has 24 heavy (non-hydrogen) atoms. The second-order valence-electron chi connectivity index (χ2n) is 8.00. The van der Waals surface area contributed by atoms with Gasteiger partial charge in [-0.2, -0.15) is 0 Å². The Bertz CT molecular complexity index is 520. The van der Waals surface area contributed by atoms with Crippen molar-refractivity contribution < 1.29 is 9.22 Å². The first-order valence-corrected chi connectivity index (χ1v) is 11.4. The third-order valence-electron chi connectivity index (χ3n) is 5.58. The molecule has 1 aromatic rings. The highest BCUT2D eigenvalue weighted by molar-refractivity contribution is 6.77. The van der Waals surface area contributed by atoms with E-state index in [1.165, 1.54) is 5.56 Å². The number of hydrogen-bond acceptors (Lipinski definition) is 2. The maximum Gasteiger partial charge on any atom is 0.250 e. The molecule has 1 unspecified atom stereocenters. The van der Waals surface area contributed by atoms with Crippen molar-refractivity contribution in [1.29, 1.82) is 0 Å². The number of hydrogen-bond donors (Lipinski definition) is 1. The molecule has 2 rings (SSSR count). The van der Waals surface area contributed by atoms with Crippen molar-refractivity contribution in [3.05, 3.63) is 35.9 Å². The standard InChI is InChI=1S/C20H33NO2Si/c1-14(2)24(15(3)4,16(5)6)23-19-18(21-20(19)22)13-12-17-10-8-7-9-11-17/h7-11,14-16,18-19H,12-13H2,1-6H3,(H,21,22)/t18?,19-/m0/s1. The normalized spacial score (nSPS) is 21.3. The zero-order valence-electron chi connectivity index (χ0n) is 16.0. The molecule has 1 aliphatic rings. The van der Waals surface area contributed by atoms with Gasteiger partial charge in [-0.1, -0.05) is 71.9 Å². The average molecular weight is 348 g/mol. The van der Waals surface area contributed by atoms with Gasteiger partial charge in [0, 0.05) is 0 Å². The van der Waals surface area contributed by atoms with Gasteiger partial charge in [0.05, 0.1) is 6.04 Å². The lowest BCUT2D eigenvalue weighted by atomic mass is 9.95. The SMILES string of the molecule is CC(C)[Si](O[C@@H]1C(=O)NC1CCc1ccccc1)(C(C)C)C(C)C. The predicted molar refractivity (Wildman–Crippen MR) is 103 cm³/mol. The molecule has 1 aliphatic heterocycles. The Labute approximate surface area is 148 Å². The van der Waals surface area contributed by atoms with Crippen molar-refractivity contribution in [1.82, 2.24) is 5.32 Å². The largest absolute Gasteiger partial charge is 0.402 e. The average Bonchev–Trinajstić information content (AvgIpc) is 2.51. The molecule has 4 heteroatoms. The molecule has 134 valence electrons. The van der Waals surface area contributed by atoms with Crippen molar-refractivity contribution in [2.75, 3.05) is 0 Å². The number of benzene rings is 1. The molecular weight excluding hydrogens is 314 g/mol. The Morgan fingerprint density at radius 2 is 1.54 bits per heavy atom. The third-order valence-corrected chi connectivity index (χ3v) is 11.7. The number of carbonyl (C=O) groups excluding carboxylic acids is 1.